The Morgan fingerprint density at radius 3 is 2.24 bits per heavy atom. The quantitative estimate of drug-likeness (QED) is 0.602. The Kier molecular flexibility index (Phi) is 3.96. The summed E-state index contributed by atoms with van der Waals surface area (Å²) in [5.74, 6) is 0. The first-order valence-corrected chi connectivity index (χ1v) is 6.84. The van der Waals surface area contributed by atoms with E-state index in [4.69, 9.17) is 0 Å². The van der Waals surface area contributed by atoms with Gasteiger partial charge in [0.05, 0.1) is 5.69 Å². The lowest BCUT2D eigenvalue weighted by atomic mass is 10.2. The lowest BCUT2D eigenvalue weighted by Gasteiger charge is -2.03. The molecule has 0 aliphatic rings. The molecule has 17 heavy (non-hydrogen) atoms. The van der Waals surface area contributed by atoms with Crippen LogP contribution in [-0.4, -0.2) is 17.0 Å². The molecule has 0 N–H and O–H groups in total. The predicted molar refractivity (Wildman–Crippen MR) is 72.5 cm³/mol. The van der Waals surface area contributed by atoms with E-state index in [0.29, 0.717) is 0 Å². The Morgan fingerprint density at radius 1 is 1.00 bits per heavy atom. The lowest BCUT2D eigenvalue weighted by Crippen LogP contribution is -1.96. The van der Waals surface area contributed by atoms with E-state index in [1.807, 2.05) is 54.6 Å². The average Bonchev–Trinajstić information content (AvgIpc) is 2.38. The lowest BCUT2D eigenvalue weighted by molar-refractivity contribution is 0.601. The summed E-state index contributed by atoms with van der Waals surface area (Å²) < 4.78 is 11.2. The van der Waals surface area contributed by atoms with E-state index in [1.54, 1.807) is 12.5 Å². The van der Waals surface area contributed by atoms with Crippen LogP contribution in [0, 0.1) is 0 Å². The summed E-state index contributed by atoms with van der Waals surface area (Å²) in [4.78, 5) is 5.19. The first-order valence-electron chi connectivity index (χ1n) is 5.28. The smallest absolute Gasteiger partial charge is 0.152 e. The number of hydrogen-bond acceptors (Lipinski definition) is 2. The largest absolute Gasteiger partial charge is 0.612 e. The average molecular weight is 243 g/mol. The van der Waals surface area contributed by atoms with Crippen molar-refractivity contribution >= 4 is 23.1 Å². The summed E-state index contributed by atoms with van der Waals surface area (Å²) in [5.41, 5.74) is 1.93. The molecule has 0 aliphatic carbocycles. The second kappa shape index (κ2) is 5.66. The highest BCUT2D eigenvalue weighted by molar-refractivity contribution is 7.90. The van der Waals surface area contributed by atoms with Crippen LogP contribution >= 0.6 is 0 Å². The summed E-state index contributed by atoms with van der Waals surface area (Å²) in [7, 11) is 0. The Bertz CT molecular complexity index is 491. The summed E-state index contributed by atoms with van der Waals surface area (Å²) in [6.07, 6.45) is 3.48. The van der Waals surface area contributed by atoms with Gasteiger partial charge in [0.15, 0.2) is 4.90 Å². The van der Waals surface area contributed by atoms with Crippen molar-refractivity contribution in [1.29, 1.82) is 0 Å². The van der Waals surface area contributed by atoms with E-state index in [9.17, 15) is 4.55 Å². The minimum Gasteiger partial charge on any atom is -0.612 e. The van der Waals surface area contributed by atoms with Crippen LogP contribution in [0.15, 0.2) is 64.5 Å². The van der Waals surface area contributed by atoms with Gasteiger partial charge < -0.3 is 4.55 Å². The second-order valence-electron chi connectivity index (χ2n) is 3.62. The fraction of sp³-hybridized carbons (Fsp3) is 0.0714. The van der Waals surface area contributed by atoms with Crippen LogP contribution in [0.4, 0.5) is 5.69 Å². The molecule has 0 saturated heterocycles. The molecule has 3 heteroatoms. The molecule has 2 nitrogen and oxygen atoms in total. The Hall–Kier alpha value is -1.58. The maximum absolute atomic E-state index is 11.2. The van der Waals surface area contributed by atoms with E-state index in [0.717, 1.165) is 16.1 Å². The van der Waals surface area contributed by atoms with Crippen molar-refractivity contribution in [3.8, 4) is 0 Å². The highest BCUT2D eigenvalue weighted by atomic mass is 32.2. The number of para-hydroxylation sites is 1. The van der Waals surface area contributed by atoms with E-state index in [-0.39, 0.29) is 0 Å². The van der Waals surface area contributed by atoms with Crippen molar-refractivity contribution in [1.82, 2.24) is 0 Å². The molecule has 2 rings (SSSR count). The molecule has 86 valence electrons. The molecule has 2 aromatic carbocycles. The summed E-state index contributed by atoms with van der Waals surface area (Å²) >= 11 is -0.922. The van der Waals surface area contributed by atoms with Crippen molar-refractivity contribution in [2.75, 3.05) is 6.26 Å². The van der Waals surface area contributed by atoms with Gasteiger partial charge in [-0.25, -0.2) is 0 Å². The summed E-state index contributed by atoms with van der Waals surface area (Å²) in [6, 6.07) is 17.3. The predicted octanol–water partition coefficient (Wildman–Crippen LogP) is 3.17. The van der Waals surface area contributed by atoms with Gasteiger partial charge in [-0.05, 0) is 53.1 Å². The molecule has 0 amide bonds. The van der Waals surface area contributed by atoms with Crippen LogP contribution in [0.1, 0.15) is 5.56 Å². The monoisotopic (exact) mass is 243 g/mol. The standard InChI is InChI=1S/C14H13NOS/c1-17(16)14-9-7-12(8-10-14)11-15-13-5-3-2-4-6-13/h2-11H,1H3/b15-11+. The molecule has 0 fully saturated rings. The number of hydrogen-bond donors (Lipinski definition) is 0. The highest BCUT2D eigenvalue weighted by Gasteiger charge is 2.01. The molecular weight excluding hydrogens is 230 g/mol. The topological polar surface area (TPSA) is 35.4 Å². The first-order chi connectivity index (χ1) is 8.25. The molecule has 0 spiro atoms. The van der Waals surface area contributed by atoms with Crippen molar-refractivity contribution in [3.63, 3.8) is 0 Å². The summed E-state index contributed by atoms with van der Waals surface area (Å²) in [5, 5.41) is 0. The fourth-order valence-corrected chi connectivity index (χ4v) is 1.93. The molecular formula is C14H13NOS. The van der Waals surface area contributed by atoms with Gasteiger partial charge in [0.2, 0.25) is 0 Å². The molecule has 0 aromatic heterocycles. The van der Waals surface area contributed by atoms with Gasteiger partial charge >= 0.3 is 0 Å². The van der Waals surface area contributed by atoms with E-state index in [2.05, 4.69) is 4.99 Å². The van der Waals surface area contributed by atoms with Gasteiger partial charge in [0, 0.05) is 6.21 Å². The SMILES string of the molecule is C[S+]([O-])c1ccc(/C=N/c2ccccc2)cc1. The van der Waals surface area contributed by atoms with Crippen molar-refractivity contribution < 1.29 is 4.55 Å². The number of rotatable bonds is 3. The van der Waals surface area contributed by atoms with Crippen LogP contribution in [0.2, 0.25) is 0 Å². The normalized spacial score (nSPS) is 12.8. The highest BCUT2D eigenvalue weighted by Crippen LogP contribution is 2.12. The molecule has 0 heterocycles. The van der Waals surface area contributed by atoms with Gasteiger partial charge in [0.1, 0.15) is 6.26 Å². The van der Waals surface area contributed by atoms with Crippen LogP contribution in [0.3, 0.4) is 0 Å². The molecule has 0 saturated carbocycles. The fourth-order valence-electron chi connectivity index (χ4n) is 1.41. The Balaban J connectivity index is 2.12. The molecule has 0 radical (unpaired) electrons. The van der Waals surface area contributed by atoms with Gasteiger partial charge in [0.25, 0.3) is 0 Å². The van der Waals surface area contributed by atoms with Crippen LogP contribution < -0.4 is 0 Å². The molecule has 0 bridgehead atoms. The van der Waals surface area contributed by atoms with Crippen molar-refractivity contribution in [3.05, 3.63) is 60.2 Å². The van der Waals surface area contributed by atoms with E-state index < -0.39 is 11.2 Å². The second-order valence-corrected chi connectivity index (χ2v) is 5.00. The van der Waals surface area contributed by atoms with Gasteiger partial charge in [-0.15, -0.1) is 0 Å². The third-order valence-corrected chi connectivity index (χ3v) is 3.27. The Morgan fingerprint density at radius 2 is 1.65 bits per heavy atom. The minimum atomic E-state index is -0.922. The number of nitrogens with zero attached hydrogens (tertiary/aromatic N) is 1. The zero-order valence-corrected chi connectivity index (χ0v) is 10.4. The van der Waals surface area contributed by atoms with E-state index in [1.165, 1.54) is 0 Å². The van der Waals surface area contributed by atoms with Gasteiger partial charge in [-0.3, -0.25) is 4.99 Å². The third-order valence-electron chi connectivity index (χ3n) is 2.33. The van der Waals surface area contributed by atoms with Crippen LogP contribution in [0.5, 0.6) is 0 Å². The van der Waals surface area contributed by atoms with Crippen molar-refractivity contribution in [2.24, 2.45) is 4.99 Å². The molecule has 1 unspecified atom stereocenters. The van der Waals surface area contributed by atoms with Gasteiger partial charge in [-0.2, -0.15) is 0 Å². The molecule has 2 aromatic rings. The number of aliphatic imine (C=N–C) groups is 1. The van der Waals surface area contributed by atoms with Crippen LogP contribution in [0.25, 0.3) is 0 Å². The first kappa shape index (κ1) is 11.9. The maximum Gasteiger partial charge on any atom is 0.152 e. The van der Waals surface area contributed by atoms with E-state index >= 15 is 0 Å². The molecule has 0 aliphatic heterocycles. The van der Waals surface area contributed by atoms with Crippen molar-refractivity contribution in [2.45, 2.75) is 4.90 Å². The third kappa shape index (κ3) is 3.44. The minimum absolute atomic E-state index is 0.835. The Labute approximate surface area is 104 Å². The summed E-state index contributed by atoms with van der Waals surface area (Å²) in [6.45, 7) is 0. The number of benzene rings is 2. The van der Waals surface area contributed by atoms with Crippen LogP contribution in [-0.2, 0) is 11.2 Å². The zero-order valence-electron chi connectivity index (χ0n) is 9.54. The molecule has 1 atom stereocenters. The zero-order chi connectivity index (χ0) is 12.1. The van der Waals surface area contributed by atoms with Gasteiger partial charge in [-0.1, -0.05) is 18.2 Å². The maximum atomic E-state index is 11.2.